The zero-order valence-electron chi connectivity index (χ0n) is 13.3. The number of rotatable bonds is 5. The molecule has 0 fully saturated rings. The van der Waals surface area contributed by atoms with Gasteiger partial charge in [-0.1, -0.05) is 29.4 Å². The van der Waals surface area contributed by atoms with Gasteiger partial charge in [0, 0.05) is 26.0 Å². The number of carbonyl (C=O) groups is 2. The summed E-state index contributed by atoms with van der Waals surface area (Å²) in [4.78, 5) is 25.6. The SMILES string of the molecule is CC(=O)NCC(NC(C)=O)c1ccc(-c2noc(C(F)(F)F)n2)cc1. The summed E-state index contributed by atoms with van der Waals surface area (Å²) in [6.45, 7) is 2.87. The Labute approximate surface area is 140 Å². The molecule has 2 rings (SSSR count). The van der Waals surface area contributed by atoms with Gasteiger partial charge in [0.2, 0.25) is 17.6 Å². The molecular formula is C15H15F3N4O3. The van der Waals surface area contributed by atoms with Crippen molar-refractivity contribution in [3.63, 3.8) is 0 Å². The van der Waals surface area contributed by atoms with Crippen LogP contribution in [0.1, 0.15) is 31.3 Å². The van der Waals surface area contributed by atoms with Crippen molar-refractivity contribution in [2.45, 2.75) is 26.1 Å². The van der Waals surface area contributed by atoms with Crippen molar-refractivity contribution in [1.29, 1.82) is 0 Å². The Morgan fingerprint density at radius 3 is 2.28 bits per heavy atom. The Hall–Kier alpha value is -2.91. The zero-order chi connectivity index (χ0) is 18.6. The molecule has 0 aliphatic carbocycles. The molecule has 7 nitrogen and oxygen atoms in total. The number of amides is 2. The quantitative estimate of drug-likeness (QED) is 0.855. The largest absolute Gasteiger partial charge is 0.471 e. The lowest BCUT2D eigenvalue weighted by Crippen LogP contribution is -2.36. The standard InChI is InChI=1S/C15H15F3N4O3/c1-8(23)19-7-12(20-9(2)24)10-3-5-11(6-4-10)13-21-14(25-22-13)15(16,17)18/h3-6,12H,7H2,1-2H3,(H,19,23)(H,20,24). The minimum atomic E-state index is -4.71. The Bertz CT molecular complexity index is 756. The molecule has 2 amide bonds. The third-order valence-corrected chi connectivity index (χ3v) is 3.17. The minimum absolute atomic E-state index is 0.175. The maximum Gasteiger partial charge on any atom is 0.471 e. The number of hydrogen-bond acceptors (Lipinski definition) is 5. The molecule has 0 aliphatic rings. The molecule has 0 spiro atoms. The third-order valence-electron chi connectivity index (χ3n) is 3.17. The molecule has 0 radical (unpaired) electrons. The van der Waals surface area contributed by atoms with E-state index >= 15 is 0 Å². The van der Waals surface area contributed by atoms with Crippen LogP contribution in [0.4, 0.5) is 13.2 Å². The molecule has 1 heterocycles. The average Bonchev–Trinajstić information content (AvgIpc) is 3.01. The van der Waals surface area contributed by atoms with E-state index in [0.29, 0.717) is 11.1 Å². The van der Waals surface area contributed by atoms with E-state index in [9.17, 15) is 22.8 Å². The highest BCUT2D eigenvalue weighted by Crippen LogP contribution is 2.29. The number of nitrogens with zero attached hydrogens (tertiary/aromatic N) is 2. The summed E-state index contributed by atoms with van der Waals surface area (Å²) in [5.74, 6) is -2.16. The summed E-state index contributed by atoms with van der Waals surface area (Å²) in [5.41, 5.74) is 0.983. The second kappa shape index (κ2) is 7.32. The summed E-state index contributed by atoms with van der Waals surface area (Å²) in [5, 5.41) is 8.58. The van der Waals surface area contributed by atoms with Gasteiger partial charge in [0.15, 0.2) is 0 Å². The second-order valence-electron chi connectivity index (χ2n) is 5.23. The molecule has 10 heteroatoms. The van der Waals surface area contributed by atoms with Gasteiger partial charge in [0.25, 0.3) is 0 Å². The van der Waals surface area contributed by atoms with Gasteiger partial charge in [0.05, 0.1) is 6.04 Å². The summed E-state index contributed by atoms with van der Waals surface area (Å²) >= 11 is 0. The van der Waals surface area contributed by atoms with Gasteiger partial charge in [0.1, 0.15) is 0 Å². The summed E-state index contributed by atoms with van der Waals surface area (Å²) < 4.78 is 41.7. The normalized spacial score (nSPS) is 12.5. The fraction of sp³-hybridized carbons (Fsp3) is 0.333. The number of nitrogens with one attached hydrogen (secondary N) is 2. The van der Waals surface area contributed by atoms with Crippen LogP contribution in [-0.2, 0) is 15.8 Å². The third kappa shape index (κ3) is 5.03. The molecule has 25 heavy (non-hydrogen) atoms. The van der Waals surface area contributed by atoms with Crippen molar-refractivity contribution < 1.29 is 27.3 Å². The van der Waals surface area contributed by atoms with Crippen LogP contribution in [0, 0.1) is 0 Å². The summed E-state index contributed by atoms with van der Waals surface area (Å²) in [7, 11) is 0. The van der Waals surface area contributed by atoms with Crippen LogP contribution in [0.25, 0.3) is 11.4 Å². The molecule has 134 valence electrons. The van der Waals surface area contributed by atoms with Crippen LogP contribution in [0.5, 0.6) is 0 Å². The monoisotopic (exact) mass is 356 g/mol. The van der Waals surface area contributed by atoms with Gasteiger partial charge < -0.3 is 15.2 Å². The highest BCUT2D eigenvalue weighted by Gasteiger charge is 2.38. The Kier molecular flexibility index (Phi) is 5.40. The molecule has 0 aliphatic heterocycles. The maximum absolute atomic E-state index is 12.5. The van der Waals surface area contributed by atoms with E-state index in [1.807, 2.05) is 0 Å². The maximum atomic E-state index is 12.5. The van der Waals surface area contributed by atoms with Crippen LogP contribution in [0.3, 0.4) is 0 Å². The van der Waals surface area contributed by atoms with Gasteiger partial charge in [-0.05, 0) is 5.56 Å². The first-order valence-electron chi connectivity index (χ1n) is 7.19. The lowest BCUT2D eigenvalue weighted by atomic mass is 10.0. The second-order valence-corrected chi connectivity index (χ2v) is 5.23. The lowest BCUT2D eigenvalue weighted by molar-refractivity contribution is -0.159. The zero-order valence-corrected chi connectivity index (χ0v) is 13.3. The van der Waals surface area contributed by atoms with Crippen molar-refractivity contribution in [3.8, 4) is 11.4 Å². The molecule has 1 unspecified atom stereocenters. The first kappa shape index (κ1) is 18.4. The van der Waals surface area contributed by atoms with E-state index < -0.39 is 18.1 Å². The Balaban J connectivity index is 2.20. The molecule has 2 N–H and O–H groups in total. The van der Waals surface area contributed by atoms with Crippen molar-refractivity contribution >= 4 is 11.8 Å². The Morgan fingerprint density at radius 2 is 1.80 bits per heavy atom. The number of halogens is 3. The number of aromatic nitrogens is 2. The van der Waals surface area contributed by atoms with Gasteiger partial charge in [-0.2, -0.15) is 18.2 Å². The smallest absolute Gasteiger partial charge is 0.354 e. The van der Waals surface area contributed by atoms with E-state index in [-0.39, 0.29) is 24.2 Å². The van der Waals surface area contributed by atoms with E-state index in [0.717, 1.165) is 0 Å². The molecule has 0 saturated heterocycles. The highest BCUT2D eigenvalue weighted by atomic mass is 19.4. The molecule has 2 aromatic rings. The van der Waals surface area contributed by atoms with Gasteiger partial charge in [-0.25, -0.2) is 0 Å². The van der Waals surface area contributed by atoms with Gasteiger partial charge >= 0.3 is 12.1 Å². The molecule has 1 aromatic carbocycles. The number of hydrogen-bond donors (Lipinski definition) is 2. The van der Waals surface area contributed by atoms with Gasteiger partial charge in [-0.3, -0.25) is 9.59 Å². The number of benzene rings is 1. The van der Waals surface area contributed by atoms with Crippen LogP contribution in [-0.4, -0.2) is 28.5 Å². The summed E-state index contributed by atoms with van der Waals surface area (Å²) in [6, 6.07) is 5.72. The van der Waals surface area contributed by atoms with Crippen LogP contribution >= 0.6 is 0 Å². The fourth-order valence-corrected chi connectivity index (χ4v) is 2.06. The molecular weight excluding hydrogens is 341 g/mol. The Morgan fingerprint density at radius 1 is 1.16 bits per heavy atom. The van der Waals surface area contributed by atoms with Crippen molar-refractivity contribution in [2.24, 2.45) is 0 Å². The molecule has 0 saturated carbocycles. The van der Waals surface area contributed by atoms with Crippen LogP contribution in [0.15, 0.2) is 28.8 Å². The molecule has 1 aromatic heterocycles. The van der Waals surface area contributed by atoms with Crippen molar-refractivity contribution in [2.75, 3.05) is 6.54 Å². The molecule has 0 bridgehead atoms. The fourth-order valence-electron chi connectivity index (χ4n) is 2.06. The predicted octanol–water partition coefficient (Wildman–Crippen LogP) is 2.07. The average molecular weight is 356 g/mol. The van der Waals surface area contributed by atoms with E-state index in [2.05, 4.69) is 25.3 Å². The van der Waals surface area contributed by atoms with Crippen LogP contribution in [0.2, 0.25) is 0 Å². The number of alkyl halides is 3. The van der Waals surface area contributed by atoms with Crippen molar-refractivity contribution in [1.82, 2.24) is 20.8 Å². The summed E-state index contributed by atoms with van der Waals surface area (Å²) in [6.07, 6.45) is -4.71. The van der Waals surface area contributed by atoms with E-state index in [4.69, 9.17) is 0 Å². The highest BCUT2D eigenvalue weighted by molar-refractivity contribution is 5.74. The first-order chi connectivity index (χ1) is 11.7. The van der Waals surface area contributed by atoms with E-state index in [1.165, 1.54) is 26.0 Å². The predicted molar refractivity (Wildman–Crippen MR) is 80.0 cm³/mol. The topological polar surface area (TPSA) is 97.1 Å². The lowest BCUT2D eigenvalue weighted by Gasteiger charge is -2.18. The number of carbonyl (C=O) groups excluding carboxylic acids is 2. The van der Waals surface area contributed by atoms with Gasteiger partial charge in [-0.15, -0.1) is 0 Å². The van der Waals surface area contributed by atoms with Crippen LogP contribution < -0.4 is 10.6 Å². The first-order valence-corrected chi connectivity index (χ1v) is 7.19. The minimum Gasteiger partial charge on any atom is -0.354 e. The van der Waals surface area contributed by atoms with E-state index in [1.54, 1.807) is 12.1 Å². The van der Waals surface area contributed by atoms with Crippen molar-refractivity contribution in [3.05, 3.63) is 35.7 Å². The molecule has 1 atom stereocenters.